The van der Waals surface area contributed by atoms with Gasteiger partial charge in [0.05, 0.1) is 10.7 Å². The fourth-order valence-electron chi connectivity index (χ4n) is 1.86. The van der Waals surface area contributed by atoms with Gasteiger partial charge in [0.25, 0.3) is 0 Å². The van der Waals surface area contributed by atoms with Gasteiger partial charge in [-0.15, -0.1) is 0 Å². The van der Waals surface area contributed by atoms with Crippen LogP contribution in [0.3, 0.4) is 0 Å². The zero-order chi connectivity index (χ0) is 13.1. The van der Waals surface area contributed by atoms with Gasteiger partial charge in [-0.2, -0.15) is 0 Å². The molecule has 0 bridgehead atoms. The Hall–Kier alpha value is -1.67. The van der Waals surface area contributed by atoms with Crippen molar-refractivity contribution in [3.05, 3.63) is 58.4 Å². The monoisotopic (exact) mass is 258 g/mol. The van der Waals surface area contributed by atoms with Crippen LogP contribution >= 0.6 is 11.6 Å². The third-order valence-electron chi connectivity index (χ3n) is 2.76. The molecule has 0 aliphatic heterocycles. The van der Waals surface area contributed by atoms with Crippen molar-refractivity contribution < 1.29 is 0 Å². The van der Waals surface area contributed by atoms with Crippen LogP contribution < -0.4 is 0 Å². The Kier molecular flexibility index (Phi) is 3.78. The molecule has 2 aromatic rings. The van der Waals surface area contributed by atoms with E-state index in [4.69, 9.17) is 11.6 Å². The Morgan fingerprint density at radius 2 is 2.06 bits per heavy atom. The van der Waals surface area contributed by atoms with Gasteiger partial charge >= 0.3 is 0 Å². The van der Waals surface area contributed by atoms with Crippen molar-refractivity contribution >= 4 is 23.0 Å². The molecule has 0 aliphatic rings. The fraction of sp³-hybridized carbons (Fsp3) is 0.200. The molecule has 1 aromatic heterocycles. The van der Waals surface area contributed by atoms with E-state index in [1.807, 2.05) is 39.0 Å². The van der Waals surface area contributed by atoms with Crippen LogP contribution in [0.2, 0.25) is 5.02 Å². The number of hydrogen-bond donors (Lipinski definition) is 0. The summed E-state index contributed by atoms with van der Waals surface area (Å²) in [6, 6.07) is 7.91. The number of aliphatic imine (C=N–C) groups is 1. The van der Waals surface area contributed by atoms with Crippen molar-refractivity contribution in [1.29, 1.82) is 0 Å². The minimum atomic E-state index is 0.691. The first-order chi connectivity index (χ1) is 8.58. The molecule has 3 heteroatoms. The van der Waals surface area contributed by atoms with E-state index in [0.29, 0.717) is 5.02 Å². The predicted octanol–water partition coefficient (Wildman–Crippen LogP) is 4.49. The van der Waals surface area contributed by atoms with Crippen molar-refractivity contribution in [1.82, 2.24) is 4.98 Å². The average molecular weight is 259 g/mol. The topological polar surface area (TPSA) is 25.2 Å². The van der Waals surface area contributed by atoms with Gasteiger partial charge in [0.2, 0.25) is 0 Å². The molecular weight excluding hydrogens is 244 g/mol. The molecule has 0 saturated carbocycles. The first-order valence-electron chi connectivity index (χ1n) is 5.80. The van der Waals surface area contributed by atoms with E-state index in [9.17, 15) is 0 Å². The minimum Gasteiger partial charge on any atom is -0.264 e. The molecule has 0 saturated heterocycles. The Labute approximate surface area is 112 Å². The van der Waals surface area contributed by atoms with Crippen LogP contribution in [0.15, 0.2) is 41.7 Å². The van der Waals surface area contributed by atoms with Gasteiger partial charge in [-0.1, -0.05) is 23.7 Å². The summed E-state index contributed by atoms with van der Waals surface area (Å²) >= 11 is 6.24. The lowest BCUT2D eigenvalue weighted by atomic mass is 10.1. The molecule has 0 atom stereocenters. The highest BCUT2D eigenvalue weighted by Crippen LogP contribution is 2.30. The van der Waals surface area contributed by atoms with Gasteiger partial charge in [0.15, 0.2) is 0 Å². The summed E-state index contributed by atoms with van der Waals surface area (Å²) in [5.41, 5.74) is 4.99. The first kappa shape index (κ1) is 12.8. The molecule has 0 radical (unpaired) electrons. The molecule has 0 spiro atoms. The Balaban J connectivity index is 2.45. The molecule has 0 amide bonds. The smallest absolute Gasteiger partial charge is 0.0848 e. The average Bonchev–Trinajstić information content (AvgIpc) is 2.34. The number of benzene rings is 1. The number of nitrogens with zero attached hydrogens (tertiary/aromatic N) is 2. The van der Waals surface area contributed by atoms with Crippen molar-refractivity contribution in [3.63, 3.8) is 0 Å². The van der Waals surface area contributed by atoms with Crippen molar-refractivity contribution in [2.24, 2.45) is 4.99 Å². The number of pyridine rings is 1. The molecule has 0 N–H and O–H groups in total. The third-order valence-corrected chi connectivity index (χ3v) is 3.05. The van der Waals surface area contributed by atoms with Gasteiger partial charge in [0.1, 0.15) is 0 Å². The van der Waals surface area contributed by atoms with Gasteiger partial charge in [-0.05, 0) is 44.0 Å². The van der Waals surface area contributed by atoms with Gasteiger partial charge < -0.3 is 0 Å². The summed E-state index contributed by atoms with van der Waals surface area (Å²) in [5.74, 6) is 0. The number of rotatable bonds is 2. The van der Waals surface area contributed by atoms with Crippen molar-refractivity contribution in [3.8, 4) is 0 Å². The van der Waals surface area contributed by atoms with E-state index in [1.165, 1.54) is 0 Å². The fourth-order valence-corrected chi connectivity index (χ4v) is 2.22. The van der Waals surface area contributed by atoms with E-state index < -0.39 is 0 Å². The molecule has 92 valence electrons. The van der Waals surface area contributed by atoms with Crippen LogP contribution in [-0.4, -0.2) is 10.7 Å². The summed E-state index contributed by atoms with van der Waals surface area (Å²) < 4.78 is 0. The maximum Gasteiger partial charge on any atom is 0.0848 e. The zero-order valence-electron chi connectivity index (χ0n) is 10.7. The second kappa shape index (κ2) is 5.32. The number of aryl methyl sites for hydroxylation is 2. The van der Waals surface area contributed by atoms with E-state index in [1.54, 1.807) is 12.4 Å². The number of hydrogen-bond acceptors (Lipinski definition) is 2. The normalized spacial score (nSPS) is 11.7. The number of halogens is 1. The molecule has 2 rings (SSSR count). The summed E-state index contributed by atoms with van der Waals surface area (Å²) in [5, 5.41) is 0.691. The largest absolute Gasteiger partial charge is 0.264 e. The predicted molar refractivity (Wildman–Crippen MR) is 77.0 cm³/mol. The number of aromatic nitrogens is 1. The Bertz CT molecular complexity index is 566. The third kappa shape index (κ3) is 2.77. The van der Waals surface area contributed by atoms with Crippen molar-refractivity contribution in [2.75, 3.05) is 0 Å². The molecule has 1 aromatic carbocycles. The Morgan fingerprint density at radius 1 is 1.28 bits per heavy atom. The van der Waals surface area contributed by atoms with Crippen LogP contribution in [0, 0.1) is 13.8 Å². The molecule has 0 fully saturated rings. The van der Waals surface area contributed by atoms with Gasteiger partial charge in [-0.3, -0.25) is 9.98 Å². The summed E-state index contributed by atoms with van der Waals surface area (Å²) in [6.45, 7) is 6.02. The highest BCUT2D eigenvalue weighted by atomic mass is 35.5. The molecule has 18 heavy (non-hydrogen) atoms. The van der Waals surface area contributed by atoms with Crippen molar-refractivity contribution in [2.45, 2.75) is 20.8 Å². The van der Waals surface area contributed by atoms with E-state index in [-0.39, 0.29) is 0 Å². The lowest BCUT2D eigenvalue weighted by Crippen LogP contribution is -1.95. The second-order valence-electron chi connectivity index (χ2n) is 4.35. The van der Waals surface area contributed by atoms with Crippen LogP contribution in [0.4, 0.5) is 5.69 Å². The maximum absolute atomic E-state index is 6.24. The van der Waals surface area contributed by atoms with E-state index in [0.717, 1.165) is 28.1 Å². The highest BCUT2D eigenvalue weighted by molar-refractivity contribution is 6.33. The lowest BCUT2D eigenvalue weighted by Gasteiger charge is -2.07. The van der Waals surface area contributed by atoms with Gasteiger partial charge in [-0.25, -0.2) is 0 Å². The maximum atomic E-state index is 6.24. The molecule has 0 aliphatic carbocycles. The summed E-state index contributed by atoms with van der Waals surface area (Å²) in [7, 11) is 0. The second-order valence-corrected chi connectivity index (χ2v) is 4.76. The standard InChI is InChI=1S/C15H15ClN2/c1-10-7-11(2)15(14(16)8-10)18-12(3)13-5-4-6-17-9-13/h4-9H,1-3H3. The molecule has 2 nitrogen and oxygen atoms in total. The SMILES string of the molecule is CC(=Nc1c(C)cc(C)cc1Cl)c1cccnc1. The molecule has 1 heterocycles. The van der Waals surface area contributed by atoms with E-state index >= 15 is 0 Å². The van der Waals surface area contributed by atoms with Crippen LogP contribution in [0.5, 0.6) is 0 Å². The minimum absolute atomic E-state index is 0.691. The zero-order valence-corrected chi connectivity index (χ0v) is 11.5. The summed E-state index contributed by atoms with van der Waals surface area (Å²) in [4.78, 5) is 8.71. The highest BCUT2D eigenvalue weighted by Gasteiger charge is 2.05. The van der Waals surface area contributed by atoms with Gasteiger partial charge in [0, 0.05) is 23.7 Å². The van der Waals surface area contributed by atoms with E-state index in [2.05, 4.69) is 16.0 Å². The summed E-state index contributed by atoms with van der Waals surface area (Å²) in [6.07, 6.45) is 3.55. The van der Waals surface area contributed by atoms with Crippen LogP contribution in [-0.2, 0) is 0 Å². The quantitative estimate of drug-likeness (QED) is 0.729. The lowest BCUT2D eigenvalue weighted by molar-refractivity contribution is 1.30. The molecular formula is C15H15ClN2. The first-order valence-corrected chi connectivity index (χ1v) is 6.18. The molecule has 0 unspecified atom stereocenters. The Morgan fingerprint density at radius 3 is 2.67 bits per heavy atom. The van der Waals surface area contributed by atoms with Crippen LogP contribution in [0.1, 0.15) is 23.6 Å². The van der Waals surface area contributed by atoms with Crippen LogP contribution in [0.25, 0.3) is 0 Å².